The minimum atomic E-state index is -1.13. The number of nitrogens with one attached hydrogen (secondary N) is 3. The van der Waals surface area contributed by atoms with Crippen molar-refractivity contribution in [2.75, 3.05) is 23.7 Å². The van der Waals surface area contributed by atoms with Crippen molar-refractivity contribution in [3.8, 4) is 11.1 Å². The van der Waals surface area contributed by atoms with Crippen LogP contribution in [-0.2, 0) is 14.4 Å². The van der Waals surface area contributed by atoms with Crippen LogP contribution >= 0.6 is 15.9 Å². The first-order chi connectivity index (χ1) is 19.0. The Bertz CT molecular complexity index is 1500. The fourth-order valence-corrected chi connectivity index (χ4v) is 4.83. The number of hydrogen-bond acceptors (Lipinski definition) is 8. The summed E-state index contributed by atoms with van der Waals surface area (Å²) in [5.74, 6) is -1.81. The van der Waals surface area contributed by atoms with Gasteiger partial charge in [0.15, 0.2) is 0 Å². The molecule has 2 aromatic heterocycles. The second-order valence-corrected chi connectivity index (χ2v) is 10.5. The fraction of sp³-hybridized carbons (Fsp3) is 0.296. The molecule has 1 aliphatic heterocycles. The summed E-state index contributed by atoms with van der Waals surface area (Å²) >= 11 is 3.30. The first kappa shape index (κ1) is 28.7. The fourth-order valence-electron chi connectivity index (χ4n) is 4.52. The third-order valence-corrected chi connectivity index (χ3v) is 7.04. The monoisotopic (exact) mass is 610 g/mol. The summed E-state index contributed by atoms with van der Waals surface area (Å²) in [4.78, 5) is 52.2. The van der Waals surface area contributed by atoms with Gasteiger partial charge >= 0.3 is 0 Å². The molecule has 3 heterocycles. The number of benzene rings is 1. The first-order valence-corrected chi connectivity index (χ1v) is 13.2. The van der Waals surface area contributed by atoms with Crippen molar-refractivity contribution >= 4 is 50.9 Å². The van der Waals surface area contributed by atoms with Crippen molar-refractivity contribution in [2.45, 2.75) is 33.2 Å². The molecule has 0 aliphatic carbocycles. The zero-order chi connectivity index (χ0) is 29.1. The van der Waals surface area contributed by atoms with Gasteiger partial charge in [0.2, 0.25) is 11.8 Å². The predicted octanol–water partition coefficient (Wildman–Crippen LogP) is 3.20. The van der Waals surface area contributed by atoms with Gasteiger partial charge in [-0.25, -0.2) is 19.3 Å². The van der Waals surface area contributed by atoms with Crippen LogP contribution in [0.25, 0.3) is 11.1 Å². The van der Waals surface area contributed by atoms with Crippen LogP contribution in [-0.4, -0.2) is 62.4 Å². The van der Waals surface area contributed by atoms with Gasteiger partial charge in [-0.1, -0.05) is 13.0 Å². The zero-order valence-corrected chi connectivity index (χ0v) is 23.7. The lowest BCUT2D eigenvalue weighted by atomic mass is 9.99. The van der Waals surface area contributed by atoms with Gasteiger partial charge in [-0.3, -0.25) is 19.8 Å². The highest BCUT2D eigenvalue weighted by Crippen LogP contribution is 2.30. The number of aromatic nitrogens is 3. The Morgan fingerprint density at radius 1 is 1.18 bits per heavy atom. The van der Waals surface area contributed by atoms with Crippen molar-refractivity contribution in [1.82, 2.24) is 19.9 Å². The van der Waals surface area contributed by atoms with Gasteiger partial charge in [0.1, 0.15) is 33.8 Å². The van der Waals surface area contributed by atoms with Crippen molar-refractivity contribution in [3.63, 3.8) is 0 Å². The standard InChI is InChI=1S/C27H28BrFN8O3/c1-13-8-19(27(40)36-26-14(2)4-7-20(28)35-26)37(12-13)21(38)11-34-18-6-5-17(16-9-32-15(3)33-10-16)23(29)22(18)24(30)25(31)39/h4-7,9-10,13,19,30,34H,8,11-12H2,1-3H3,(H2,31,39)(H,35,36,40). The summed E-state index contributed by atoms with van der Waals surface area (Å²) in [5.41, 5.74) is 5.40. The minimum Gasteiger partial charge on any atom is -0.376 e. The van der Waals surface area contributed by atoms with E-state index in [1.165, 1.54) is 29.4 Å². The van der Waals surface area contributed by atoms with Crippen LogP contribution in [0, 0.1) is 31.0 Å². The van der Waals surface area contributed by atoms with Crippen LogP contribution in [0.15, 0.2) is 41.3 Å². The molecule has 3 aromatic rings. The van der Waals surface area contributed by atoms with E-state index in [-0.39, 0.29) is 35.2 Å². The number of carbonyl (C=O) groups is 3. The van der Waals surface area contributed by atoms with E-state index in [4.69, 9.17) is 11.1 Å². The highest BCUT2D eigenvalue weighted by molar-refractivity contribution is 9.10. The highest BCUT2D eigenvalue weighted by Gasteiger charge is 2.38. The number of hydrogen-bond donors (Lipinski definition) is 4. The molecule has 208 valence electrons. The number of nitrogens with zero attached hydrogens (tertiary/aromatic N) is 4. The Balaban J connectivity index is 1.55. The highest BCUT2D eigenvalue weighted by atomic mass is 79.9. The summed E-state index contributed by atoms with van der Waals surface area (Å²) in [5, 5.41) is 13.8. The molecule has 1 fully saturated rings. The number of likely N-dealkylation sites (tertiary alicyclic amines) is 1. The quantitative estimate of drug-likeness (QED) is 0.224. The van der Waals surface area contributed by atoms with E-state index in [1.807, 2.05) is 19.9 Å². The van der Waals surface area contributed by atoms with Crippen LogP contribution in [0.2, 0.25) is 0 Å². The van der Waals surface area contributed by atoms with Gasteiger partial charge in [0.25, 0.3) is 5.91 Å². The number of primary amides is 1. The van der Waals surface area contributed by atoms with Crippen molar-refractivity contribution in [2.24, 2.45) is 11.7 Å². The Morgan fingerprint density at radius 2 is 1.88 bits per heavy atom. The van der Waals surface area contributed by atoms with Crippen LogP contribution in [0.3, 0.4) is 0 Å². The number of amides is 3. The molecule has 13 heteroatoms. The lowest BCUT2D eigenvalue weighted by Crippen LogP contribution is -2.45. The largest absolute Gasteiger partial charge is 0.376 e. The minimum absolute atomic E-state index is 0.0358. The predicted molar refractivity (Wildman–Crippen MR) is 151 cm³/mol. The summed E-state index contributed by atoms with van der Waals surface area (Å²) in [6.45, 7) is 5.49. The van der Waals surface area contributed by atoms with Gasteiger partial charge in [0, 0.05) is 35.8 Å². The second-order valence-electron chi connectivity index (χ2n) is 9.65. The van der Waals surface area contributed by atoms with E-state index in [9.17, 15) is 14.4 Å². The third-order valence-electron chi connectivity index (χ3n) is 6.60. The average Bonchev–Trinajstić information content (AvgIpc) is 3.31. The molecule has 0 radical (unpaired) electrons. The number of carbonyl (C=O) groups excluding carboxylic acids is 3. The average molecular weight is 611 g/mol. The van der Waals surface area contributed by atoms with Crippen LogP contribution in [0.5, 0.6) is 0 Å². The van der Waals surface area contributed by atoms with Crippen molar-refractivity contribution in [3.05, 3.63) is 64.0 Å². The van der Waals surface area contributed by atoms with Crippen molar-refractivity contribution < 1.29 is 18.8 Å². The number of pyridine rings is 1. The molecule has 1 aromatic carbocycles. The lowest BCUT2D eigenvalue weighted by Gasteiger charge is -2.25. The van der Waals surface area contributed by atoms with Gasteiger partial charge < -0.3 is 21.3 Å². The number of halogens is 2. The van der Waals surface area contributed by atoms with Crippen LogP contribution in [0.4, 0.5) is 15.9 Å². The molecule has 0 saturated carbocycles. The molecule has 0 bridgehead atoms. The van der Waals surface area contributed by atoms with Gasteiger partial charge in [-0.15, -0.1) is 0 Å². The van der Waals surface area contributed by atoms with E-state index < -0.39 is 29.4 Å². The molecule has 0 spiro atoms. The van der Waals surface area contributed by atoms with E-state index in [0.29, 0.717) is 34.8 Å². The molecule has 1 saturated heterocycles. The third kappa shape index (κ3) is 6.14. The summed E-state index contributed by atoms with van der Waals surface area (Å²) in [7, 11) is 0. The Hall–Kier alpha value is -4.26. The molecule has 40 heavy (non-hydrogen) atoms. The normalized spacial score (nSPS) is 16.5. The molecule has 3 amide bonds. The van der Waals surface area contributed by atoms with Gasteiger partial charge in [0.05, 0.1) is 12.1 Å². The van der Waals surface area contributed by atoms with Crippen LogP contribution in [0.1, 0.15) is 30.3 Å². The maximum Gasteiger partial charge on any atom is 0.267 e. The Labute approximate surface area is 238 Å². The molecule has 2 unspecified atom stereocenters. The number of nitrogens with two attached hydrogens (primary N) is 1. The molecule has 5 N–H and O–H groups in total. The van der Waals surface area contributed by atoms with E-state index in [0.717, 1.165) is 5.56 Å². The summed E-state index contributed by atoms with van der Waals surface area (Å²) in [6, 6.07) is 5.74. The smallest absolute Gasteiger partial charge is 0.267 e. The SMILES string of the molecule is Cc1ncc(-c2ccc(NCC(=O)N3CC(C)CC3C(=O)Nc3nc(Br)ccc3C)c(C(=N)C(N)=O)c2F)cn1. The van der Waals surface area contributed by atoms with Gasteiger partial charge in [-0.2, -0.15) is 0 Å². The molecule has 1 aliphatic rings. The number of anilines is 2. The van der Waals surface area contributed by atoms with Gasteiger partial charge in [-0.05, 0) is 65.9 Å². The summed E-state index contributed by atoms with van der Waals surface area (Å²) in [6.07, 6.45) is 3.32. The Morgan fingerprint density at radius 3 is 2.55 bits per heavy atom. The molecule has 11 nitrogen and oxygen atoms in total. The number of rotatable bonds is 8. The molecular formula is C27H28BrFN8O3. The molecule has 4 rings (SSSR count). The Kier molecular flexibility index (Phi) is 8.52. The molecular weight excluding hydrogens is 583 g/mol. The first-order valence-electron chi connectivity index (χ1n) is 12.4. The zero-order valence-electron chi connectivity index (χ0n) is 22.1. The topological polar surface area (TPSA) is 167 Å². The summed E-state index contributed by atoms with van der Waals surface area (Å²) < 4.78 is 16.2. The molecule has 2 atom stereocenters. The van der Waals surface area contributed by atoms with E-state index in [1.54, 1.807) is 13.0 Å². The lowest BCUT2D eigenvalue weighted by molar-refractivity contribution is -0.135. The van der Waals surface area contributed by atoms with Crippen molar-refractivity contribution in [1.29, 1.82) is 5.41 Å². The van der Waals surface area contributed by atoms with E-state index >= 15 is 4.39 Å². The van der Waals surface area contributed by atoms with Crippen LogP contribution < -0.4 is 16.4 Å². The second kappa shape index (κ2) is 11.9. The maximum absolute atomic E-state index is 15.6. The van der Waals surface area contributed by atoms with E-state index in [2.05, 4.69) is 41.5 Å². The maximum atomic E-state index is 15.6. The number of aryl methyl sites for hydroxylation is 2.